The Morgan fingerprint density at radius 1 is 1.53 bits per heavy atom. The molecule has 17 heavy (non-hydrogen) atoms. The van der Waals surface area contributed by atoms with E-state index in [0.717, 1.165) is 22.1 Å². The van der Waals surface area contributed by atoms with E-state index in [2.05, 4.69) is 12.2 Å². The minimum Gasteiger partial charge on any atom is -0.397 e. The lowest BCUT2D eigenvalue weighted by Gasteiger charge is -2.04. The predicted molar refractivity (Wildman–Crippen MR) is 74.0 cm³/mol. The summed E-state index contributed by atoms with van der Waals surface area (Å²) in [6, 6.07) is 0. The molecule has 94 valence electrons. The molecular formula is C13H20N2OS. The first-order valence-corrected chi connectivity index (χ1v) is 7.08. The van der Waals surface area contributed by atoms with Gasteiger partial charge >= 0.3 is 0 Å². The molecule has 4 heteroatoms. The molecule has 3 N–H and O–H groups in total. The molecule has 0 saturated heterocycles. The molecule has 1 heterocycles. The Balaban J connectivity index is 2.40. The lowest BCUT2D eigenvalue weighted by atomic mass is 10.0. The Labute approximate surface area is 106 Å². The lowest BCUT2D eigenvalue weighted by Crippen LogP contribution is -2.08. The number of rotatable bonds is 5. The van der Waals surface area contributed by atoms with Gasteiger partial charge in [0.2, 0.25) is 0 Å². The summed E-state index contributed by atoms with van der Waals surface area (Å²) >= 11 is 1.53. The molecule has 0 bridgehead atoms. The Kier molecular flexibility index (Phi) is 3.43. The van der Waals surface area contributed by atoms with Crippen molar-refractivity contribution in [3.8, 4) is 0 Å². The van der Waals surface area contributed by atoms with Crippen molar-refractivity contribution in [1.82, 2.24) is 0 Å². The Hall–Kier alpha value is -1.03. The van der Waals surface area contributed by atoms with E-state index in [0.29, 0.717) is 5.92 Å². The zero-order chi connectivity index (χ0) is 12.6. The smallest absolute Gasteiger partial charge is 0.177 e. The zero-order valence-corrected chi connectivity index (χ0v) is 11.5. The largest absolute Gasteiger partial charge is 0.397 e. The average Bonchev–Trinajstić information content (AvgIpc) is 3.04. The number of carbonyl (C=O) groups excluding carboxylic acids is 1. The van der Waals surface area contributed by atoms with Gasteiger partial charge in [0.1, 0.15) is 0 Å². The topological polar surface area (TPSA) is 55.1 Å². The number of carbonyl (C=O) groups is 1. The van der Waals surface area contributed by atoms with Crippen LogP contribution in [0.2, 0.25) is 0 Å². The quantitative estimate of drug-likeness (QED) is 0.789. The number of hydrogen-bond donors (Lipinski definition) is 2. The molecule has 2 rings (SSSR count). The van der Waals surface area contributed by atoms with Crippen LogP contribution in [-0.4, -0.2) is 12.3 Å². The van der Waals surface area contributed by atoms with Crippen molar-refractivity contribution in [3.05, 3.63) is 10.4 Å². The highest BCUT2D eigenvalue weighted by Gasteiger charge is 2.33. The fourth-order valence-corrected chi connectivity index (χ4v) is 3.33. The number of nitrogen functional groups attached to an aromatic ring is 1. The van der Waals surface area contributed by atoms with Crippen LogP contribution in [0, 0.1) is 5.92 Å². The number of ketones is 1. The Morgan fingerprint density at radius 3 is 2.65 bits per heavy atom. The first-order chi connectivity index (χ1) is 8.06. The molecule has 0 unspecified atom stereocenters. The van der Waals surface area contributed by atoms with Crippen LogP contribution in [0.5, 0.6) is 0 Å². The molecule has 1 saturated carbocycles. The zero-order valence-electron chi connectivity index (χ0n) is 10.7. The summed E-state index contributed by atoms with van der Waals surface area (Å²) in [5.41, 5.74) is 8.09. The van der Waals surface area contributed by atoms with Gasteiger partial charge in [-0.3, -0.25) is 4.79 Å². The summed E-state index contributed by atoms with van der Waals surface area (Å²) in [6.45, 7) is 6.78. The van der Waals surface area contributed by atoms with Gasteiger partial charge in [0, 0.05) is 18.0 Å². The molecule has 1 aromatic rings. The van der Waals surface area contributed by atoms with E-state index >= 15 is 0 Å². The summed E-state index contributed by atoms with van der Waals surface area (Å²) in [5.74, 6) is 0.755. The van der Waals surface area contributed by atoms with Crippen molar-refractivity contribution in [1.29, 1.82) is 0 Å². The Morgan fingerprint density at radius 2 is 2.18 bits per heavy atom. The number of hydrogen-bond acceptors (Lipinski definition) is 4. The maximum Gasteiger partial charge on any atom is 0.177 e. The van der Waals surface area contributed by atoms with Crippen LogP contribution in [0.3, 0.4) is 0 Å². The monoisotopic (exact) mass is 252 g/mol. The van der Waals surface area contributed by atoms with Crippen molar-refractivity contribution in [2.24, 2.45) is 5.92 Å². The number of thiophene rings is 1. The fourth-order valence-electron chi connectivity index (χ4n) is 1.97. The summed E-state index contributed by atoms with van der Waals surface area (Å²) in [5, 5.41) is 4.45. The van der Waals surface area contributed by atoms with Gasteiger partial charge in [0.05, 0.1) is 15.6 Å². The summed E-state index contributed by atoms with van der Waals surface area (Å²) < 4.78 is 0. The molecule has 1 aliphatic rings. The van der Waals surface area contributed by atoms with E-state index in [1.807, 2.05) is 13.8 Å². The van der Waals surface area contributed by atoms with E-state index in [1.165, 1.54) is 29.7 Å². The lowest BCUT2D eigenvalue weighted by molar-refractivity contribution is 0.0944. The molecule has 1 fully saturated rings. The van der Waals surface area contributed by atoms with Crippen molar-refractivity contribution in [3.63, 3.8) is 0 Å². The highest BCUT2D eigenvalue weighted by molar-refractivity contribution is 7.18. The van der Waals surface area contributed by atoms with Crippen molar-refractivity contribution < 1.29 is 4.79 Å². The first kappa shape index (κ1) is 12.4. The molecule has 0 spiro atoms. The number of nitrogens with two attached hydrogens (primary N) is 1. The third-order valence-electron chi connectivity index (χ3n) is 3.05. The van der Waals surface area contributed by atoms with Gasteiger partial charge in [0.15, 0.2) is 5.78 Å². The van der Waals surface area contributed by atoms with Crippen LogP contribution in [0.4, 0.5) is 10.7 Å². The van der Waals surface area contributed by atoms with Crippen LogP contribution >= 0.6 is 11.3 Å². The van der Waals surface area contributed by atoms with Crippen molar-refractivity contribution in [2.45, 2.75) is 39.5 Å². The van der Waals surface area contributed by atoms with Gasteiger partial charge in [-0.25, -0.2) is 0 Å². The maximum absolute atomic E-state index is 12.1. The van der Waals surface area contributed by atoms with Crippen LogP contribution in [0.1, 0.15) is 54.8 Å². The predicted octanol–water partition coefficient (Wildman–Crippen LogP) is 3.48. The van der Waals surface area contributed by atoms with Gasteiger partial charge in [-0.05, 0) is 25.7 Å². The SMILES string of the molecule is CCNc1sc(C(=O)C(C)C)c(N)c1C1CC1. The van der Waals surface area contributed by atoms with E-state index in [4.69, 9.17) is 5.73 Å². The van der Waals surface area contributed by atoms with Crippen molar-refractivity contribution >= 4 is 27.8 Å². The summed E-state index contributed by atoms with van der Waals surface area (Å²) in [6.07, 6.45) is 2.41. The number of nitrogens with one attached hydrogen (secondary N) is 1. The second-order valence-corrected chi connectivity index (χ2v) is 5.93. The molecule has 0 aromatic carbocycles. The van der Waals surface area contributed by atoms with Crippen LogP contribution < -0.4 is 11.1 Å². The molecule has 0 radical (unpaired) electrons. The standard InChI is InChI=1S/C13H20N2OS/c1-4-15-13-9(8-5-6-8)10(14)12(17-13)11(16)7(2)3/h7-8,15H,4-6,14H2,1-3H3. The minimum atomic E-state index is 0.0116. The molecule has 3 nitrogen and oxygen atoms in total. The van der Waals surface area contributed by atoms with Gasteiger partial charge in [-0.15, -0.1) is 11.3 Å². The normalized spacial score (nSPS) is 15.3. The molecule has 0 amide bonds. The van der Waals surface area contributed by atoms with Gasteiger partial charge in [-0.1, -0.05) is 13.8 Å². The number of anilines is 2. The van der Waals surface area contributed by atoms with Crippen LogP contribution in [0.15, 0.2) is 0 Å². The number of Topliss-reactive ketones (excluding diaryl/α,β-unsaturated/α-hetero) is 1. The van der Waals surface area contributed by atoms with E-state index in [9.17, 15) is 4.79 Å². The molecular weight excluding hydrogens is 232 g/mol. The van der Waals surface area contributed by atoms with E-state index in [1.54, 1.807) is 0 Å². The summed E-state index contributed by atoms with van der Waals surface area (Å²) in [4.78, 5) is 12.8. The molecule has 0 aliphatic heterocycles. The second-order valence-electron chi connectivity index (χ2n) is 4.91. The minimum absolute atomic E-state index is 0.0116. The molecule has 1 aliphatic carbocycles. The second kappa shape index (κ2) is 4.69. The van der Waals surface area contributed by atoms with Gasteiger partial charge in [0.25, 0.3) is 0 Å². The molecule has 1 aromatic heterocycles. The maximum atomic E-state index is 12.1. The van der Waals surface area contributed by atoms with E-state index in [-0.39, 0.29) is 11.7 Å². The van der Waals surface area contributed by atoms with Gasteiger partial charge < -0.3 is 11.1 Å². The Bertz CT molecular complexity index is 433. The summed E-state index contributed by atoms with van der Waals surface area (Å²) in [7, 11) is 0. The fraction of sp³-hybridized carbons (Fsp3) is 0.615. The third-order valence-corrected chi connectivity index (χ3v) is 4.25. The average molecular weight is 252 g/mol. The van der Waals surface area contributed by atoms with Crippen LogP contribution in [0.25, 0.3) is 0 Å². The van der Waals surface area contributed by atoms with Crippen molar-refractivity contribution in [2.75, 3.05) is 17.6 Å². The van der Waals surface area contributed by atoms with E-state index < -0.39 is 0 Å². The highest BCUT2D eigenvalue weighted by atomic mass is 32.1. The van der Waals surface area contributed by atoms with Crippen LogP contribution in [-0.2, 0) is 0 Å². The first-order valence-electron chi connectivity index (χ1n) is 6.26. The molecule has 0 atom stereocenters. The third kappa shape index (κ3) is 2.32. The van der Waals surface area contributed by atoms with Gasteiger partial charge in [-0.2, -0.15) is 0 Å². The highest BCUT2D eigenvalue weighted by Crippen LogP contribution is 2.51.